The highest BCUT2D eigenvalue weighted by atomic mass is 16.5. The van der Waals surface area contributed by atoms with Crippen molar-refractivity contribution in [3.63, 3.8) is 0 Å². The average molecular weight is 351 g/mol. The molecule has 0 spiro atoms. The van der Waals surface area contributed by atoms with E-state index in [1.165, 1.54) is 0 Å². The van der Waals surface area contributed by atoms with E-state index >= 15 is 0 Å². The molecule has 0 saturated heterocycles. The number of amides is 1. The van der Waals surface area contributed by atoms with Crippen LogP contribution in [0.4, 0.5) is 5.82 Å². The summed E-state index contributed by atoms with van der Waals surface area (Å²) in [5.41, 5.74) is 3.60. The predicted molar refractivity (Wildman–Crippen MR) is 94.0 cm³/mol. The molecule has 4 aromatic rings. The number of hydrogen-bond donors (Lipinski definition) is 1. The number of carbonyl (C=O) groups excluding carboxylic acids is 1. The van der Waals surface area contributed by atoms with Crippen LogP contribution in [-0.2, 0) is 6.54 Å². The van der Waals surface area contributed by atoms with Gasteiger partial charge in [0.15, 0.2) is 17.3 Å². The Labute approximate surface area is 148 Å². The van der Waals surface area contributed by atoms with Gasteiger partial charge in [0, 0.05) is 30.3 Å². The molecule has 0 unspecified atom stereocenters. The van der Waals surface area contributed by atoms with Gasteiger partial charge in [-0.25, -0.2) is 4.98 Å². The number of aryl methyl sites for hydroxylation is 3. The van der Waals surface area contributed by atoms with Crippen LogP contribution in [0.5, 0.6) is 0 Å². The molecule has 8 heteroatoms. The van der Waals surface area contributed by atoms with E-state index in [0.717, 1.165) is 22.5 Å². The van der Waals surface area contributed by atoms with Gasteiger partial charge in [-0.15, -0.1) is 0 Å². The van der Waals surface area contributed by atoms with Crippen LogP contribution in [0.15, 0.2) is 39.4 Å². The number of benzene rings is 1. The molecule has 8 nitrogen and oxygen atoms in total. The number of nitrogens with zero attached hydrogens (tertiary/aromatic N) is 4. The van der Waals surface area contributed by atoms with E-state index in [-0.39, 0.29) is 5.91 Å². The molecule has 1 aromatic carbocycles. The first-order chi connectivity index (χ1) is 12.5. The smallest absolute Gasteiger partial charge is 0.257 e. The summed E-state index contributed by atoms with van der Waals surface area (Å²) in [5, 5.41) is 11.1. The maximum absolute atomic E-state index is 12.5. The largest absolute Gasteiger partial charge is 0.441 e. The average Bonchev–Trinajstić information content (AvgIpc) is 3.28. The molecule has 0 saturated carbocycles. The first-order valence-corrected chi connectivity index (χ1v) is 8.13. The van der Waals surface area contributed by atoms with E-state index in [2.05, 4.69) is 20.6 Å². The Kier molecular flexibility index (Phi) is 3.80. The Bertz CT molecular complexity index is 1090. The van der Waals surface area contributed by atoms with Gasteiger partial charge >= 0.3 is 0 Å². The molecule has 26 heavy (non-hydrogen) atoms. The lowest BCUT2D eigenvalue weighted by molar-refractivity contribution is 0.102. The molecule has 0 aliphatic heterocycles. The van der Waals surface area contributed by atoms with Crippen LogP contribution in [0.3, 0.4) is 0 Å². The zero-order valence-corrected chi connectivity index (χ0v) is 14.6. The second-order valence-corrected chi connectivity index (χ2v) is 6.07. The Balaban J connectivity index is 1.50. The summed E-state index contributed by atoms with van der Waals surface area (Å²) in [5.74, 6) is 1.54. The molecule has 0 aliphatic rings. The van der Waals surface area contributed by atoms with Crippen molar-refractivity contribution in [2.75, 3.05) is 5.32 Å². The highest BCUT2D eigenvalue weighted by Crippen LogP contribution is 2.18. The second-order valence-electron chi connectivity index (χ2n) is 6.07. The Hall–Kier alpha value is -3.42. The van der Waals surface area contributed by atoms with Crippen LogP contribution in [-0.4, -0.2) is 25.8 Å². The standard InChI is InChI=1S/C18H17N5O3/c1-10-14(11(2)26-22-10)9-23-7-6-17(21-23)20-18(24)13-4-5-15-16(8-13)25-12(3)19-15/h4-8H,9H2,1-3H3,(H,20,21,24). The molecule has 1 N–H and O–H groups in total. The zero-order valence-electron chi connectivity index (χ0n) is 14.6. The van der Waals surface area contributed by atoms with E-state index in [4.69, 9.17) is 8.94 Å². The summed E-state index contributed by atoms with van der Waals surface area (Å²) in [4.78, 5) is 16.7. The van der Waals surface area contributed by atoms with Gasteiger partial charge in [-0.2, -0.15) is 5.10 Å². The Morgan fingerprint density at radius 1 is 1.23 bits per heavy atom. The number of rotatable bonds is 4. The van der Waals surface area contributed by atoms with Crippen molar-refractivity contribution in [3.8, 4) is 0 Å². The van der Waals surface area contributed by atoms with Crippen LogP contribution in [0.2, 0.25) is 0 Å². The number of aromatic nitrogens is 4. The fraction of sp³-hybridized carbons (Fsp3) is 0.222. The van der Waals surface area contributed by atoms with Crippen molar-refractivity contribution in [2.45, 2.75) is 27.3 Å². The van der Waals surface area contributed by atoms with E-state index in [1.807, 2.05) is 13.8 Å². The van der Waals surface area contributed by atoms with Crippen molar-refractivity contribution in [1.29, 1.82) is 0 Å². The summed E-state index contributed by atoms with van der Waals surface area (Å²) < 4.78 is 12.4. The summed E-state index contributed by atoms with van der Waals surface area (Å²) >= 11 is 0. The van der Waals surface area contributed by atoms with Gasteiger partial charge in [-0.05, 0) is 32.0 Å². The lowest BCUT2D eigenvalue weighted by atomic mass is 10.2. The third-order valence-electron chi connectivity index (χ3n) is 4.14. The van der Waals surface area contributed by atoms with Crippen LogP contribution < -0.4 is 5.32 Å². The molecule has 0 radical (unpaired) electrons. The summed E-state index contributed by atoms with van der Waals surface area (Å²) in [6.07, 6.45) is 1.80. The molecule has 1 amide bonds. The minimum Gasteiger partial charge on any atom is -0.441 e. The zero-order chi connectivity index (χ0) is 18.3. The Morgan fingerprint density at radius 3 is 2.85 bits per heavy atom. The minimum atomic E-state index is -0.261. The number of carbonyl (C=O) groups is 1. The van der Waals surface area contributed by atoms with Gasteiger partial charge in [-0.3, -0.25) is 9.48 Å². The van der Waals surface area contributed by atoms with Gasteiger partial charge < -0.3 is 14.3 Å². The highest BCUT2D eigenvalue weighted by molar-refractivity contribution is 6.05. The molecule has 132 valence electrons. The predicted octanol–water partition coefficient (Wildman–Crippen LogP) is 3.24. The highest BCUT2D eigenvalue weighted by Gasteiger charge is 2.13. The fourth-order valence-corrected chi connectivity index (χ4v) is 2.78. The summed E-state index contributed by atoms with van der Waals surface area (Å²) in [7, 11) is 0. The van der Waals surface area contributed by atoms with E-state index in [9.17, 15) is 4.79 Å². The van der Waals surface area contributed by atoms with Crippen molar-refractivity contribution < 1.29 is 13.7 Å². The van der Waals surface area contributed by atoms with E-state index in [1.54, 1.807) is 42.1 Å². The van der Waals surface area contributed by atoms with Crippen molar-refractivity contribution >= 4 is 22.8 Å². The molecular weight excluding hydrogens is 334 g/mol. The first kappa shape index (κ1) is 16.1. The first-order valence-electron chi connectivity index (χ1n) is 8.13. The lowest BCUT2D eigenvalue weighted by Gasteiger charge is -2.03. The Morgan fingerprint density at radius 2 is 2.08 bits per heavy atom. The summed E-state index contributed by atoms with van der Waals surface area (Å²) in [6, 6.07) is 6.88. The van der Waals surface area contributed by atoms with Gasteiger partial charge in [0.1, 0.15) is 11.3 Å². The molecule has 0 atom stereocenters. The maximum Gasteiger partial charge on any atom is 0.257 e. The van der Waals surface area contributed by atoms with Gasteiger partial charge in [-0.1, -0.05) is 5.16 Å². The number of fused-ring (bicyclic) bond motifs is 1. The monoisotopic (exact) mass is 351 g/mol. The van der Waals surface area contributed by atoms with Crippen molar-refractivity contribution in [1.82, 2.24) is 19.9 Å². The van der Waals surface area contributed by atoms with Gasteiger partial charge in [0.25, 0.3) is 5.91 Å². The lowest BCUT2D eigenvalue weighted by Crippen LogP contribution is -2.13. The number of anilines is 1. The molecular formula is C18H17N5O3. The van der Waals surface area contributed by atoms with E-state index in [0.29, 0.717) is 29.4 Å². The SMILES string of the molecule is Cc1nc2ccc(C(=O)Nc3ccn(Cc4c(C)noc4C)n3)cc2o1. The molecule has 3 heterocycles. The van der Waals surface area contributed by atoms with Crippen LogP contribution in [0.25, 0.3) is 11.1 Å². The molecule has 4 rings (SSSR count). The maximum atomic E-state index is 12.5. The van der Waals surface area contributed by atoms with Gasteiger partial charge in [0.05, 0.1) is 12.2 Å². The fourth-order valence-electron chi connectivity index (χ4n) is 2.78. The normalized spacial score (nSPS) is 11.2. The third kappa shape index (κ3) is 2.97. The topological polar surface area (TPSA) is 99.0 Å². The van der Waals surface area contributed by atoms with Crippen molar-refractivity contribution in [2.24, 2.45) is 0 Å². The van der Waals surface area contributed by atoms with Gasteiger partial charge in [0.2, 0.25) is 0 Å². The number of nitrogens with one attached hydrogen (secondary N) is 1. The van der Waals surface area contributed by atoms with Crippen LogP contribution >= 0.6 is 0 Å². The molecule has 0 aliphatic carbocycles. The minimum absolute atomic E-state index is 0.261. The molecule has 3 aromatic heterocycles. The van der Waals surface area contributed by atoms with Crippen LogP contribution in [0.1, 0.15) is 33.3 Å². The second kappa shape index (κ2) is 6.14. The number of oxazole rings is 1. The third-order valence-corrected chi connectivity index (χ3v) is 4.14. The summed E-state index contributed by atoms with van der Waals surface area (Å²) in [6.45, 7) is 6.05. The van der Waals surface area contributed by atoms with Crippen LogP contribution in [0, 0.1) is 20.8 Å². The quantitative estimate of drug-likeness (QED) is 0.606. The molecule has 0 fully saturated rings. The molecule has 0 bridgehead atoms. The van der Waals surface area contributed by atoms with E-state index < -0.39 is 0 Å². The van der Waals surface area contributed by atoms with Crippen molar-refractivity contribution in [3.05, 3.63) is 58.9 Å². The number of hydrogen-bond acceptors (Lipinski definition) is 6.